The smallest absolute Gasteiger partial charge is 0.0347 e. The summed E-state index contributed by atoms with van der Waals surface area (Å²) in [5, 5.41) is 3.54. The zero-order valence-electron chi connectivity index (χ0n) is 12.9. The molecule has 2 nitrogen and oxygen atoms in total. The topological polar surface area (TPSA) is 15.3 Å². The molecular formula is C17H28N2. The fourth-order valence-corrected chi connectivity index (χ4v) is 3.26. The Morgan fingerprint density at radius 3 is 2.68 bits per heavy atom. The zero-order valence-corrected chi connectivity index (χ0v) is 12.9. The summed E-state index contributed by atoms with van der Waals surface area (Å²) < 4.78 is 0. The van der Waals surface area contributed by atoms with Crippen molar-refractivity contribution in [1.29, 1.82) is 0 Å². The van der Waals surface area contributed by atoms with Gasteiger partial charge in [-0.15, -0.1) is 0 Å². The SMILES string of the molecule is Cc1ccc(C(CC2CCCNC2)N(C)C)c(C)c1. The van der Waals surface area contributed by atoms with Crippen molar-refractivity contribution in [3.8, 4) is 0 Å². The summed E-state index contributed by atoms with van der Waals surface area (Å²) in [4.78, 5) is 2.38. The van der Waals surface area contributed by atoms with Gasteiger partial charge in [0.2, 0.25) is 0 Å². The van der Waals surface area contributed by atoms with Crippen LogP contribution in [0.3, 0.4) is 0 Å². The van der Waals surface area contributed by atoms with Gasteiger partial charge in [0.05, 0.1) is 0 Å². The lowest BCUT2D eigenvalue weighted by molar-refractivity contribution is 0.225. The first-order valence-corrected chi connectivity index (χ1v) is 7.52. The first-order valence-electron chi connectivity index (χ1n) is 7.52. The maximum atomic E-state index is 3.54. The average molecular weight is 260 g/mol. The zero-order chi connectivity index (χ0) is 13.8. The highest BCUT2D eigenvalue weighted by molar-refractivity contribution is 5.32. The number of rotatable bonds is 4. The number of piperidine rings is 1. The number of nitrogens with one attached hydrogen (secondary N) is 1. The third kappa shape index (κ3) is 3.80. The highest BCUT2D eigenvalue weighted by Crippen LogP contribution is 2.31. The number of nitrogens with zero attached hydrogens (tertiary/aromatic N) is 1. The minimum atomic E-state index is 0.547. The predicted molar refractivity (Wildman–Crippen MR) is 82.6 cm³/mol. The predicted octanol–water partition coefficient (Wildman–Crippen LogP) is 3.30. The van der Waals surface area contributed by atoms with Crippen molar-refractivity contribution < 1.29 is 0 Å². The molecule has 1 aromatic rings. The minimum Gasteiger partial charge on any atom is -0.316 e. The Balaban J connectivity index is 2.14. The summed E-state index contributed by atoms with van der Waals surface area (Å²) in [7, 11) is 4.42. The summed E-state index contributed by atoms with van der Waals surface area (Å²) >= 11 is 0. The second kappa shape index (κ2) is 6.53. The van der Waals surface area contributed by atoms with Crippen LogP contribution in [0.1, 0.15) is 42.0 Å². The van der Waals surface area contributed by atoms with Crippen molar-refractivity contribution in [3.05, 3.63) is 34.9 Å². The molecule has 0 spiro atoms. The molecule has 2 rings (SSSR count). The fraction of sp³-hybridized carbons (Fsp3) is 0.647. The van der Waals surface area contributed by atoms with Crippen LogP contribution in [0.25, 0.3) is 0 Å². The Morgan fingerprint density at radius 2 is 2.11 bits per heavy atom. The van der Waals surface area contributed by atoms with E-state index in [9.17, 15) is 0 Å². The quantitative estimate of drug-likeness (QED) is 0.893. The Hall–Kier alpha value is -0.860. The van der Waals surface area contributed by atoms with Crippen LogP contribution in [0.5, 0.6) is 0 Å². The number of benzene rings is 1. The molecule has 1 aliphatic heterocycles. The Bertz CT molecular complexity index is 406. The molecule has 0 aliphatic carbocycles. The van der Waals surface area contributed by atoms with E-state index < -0.39 is 0 Å². The van der Waals surface area contributed by atoms with Crippen molar-refractivity contribution in [2.45, 2.75) is 39.2 Å². The molecule has 1 saturated heterocycles. The Kier molecular flexibility index (Phi) is 5.00. The van der Waals surface area contributed by atoms with Crippen LogP contribution >= 0.6 is 0 Å². The summed E-state index contributed by atoms with van der Waals surface area (Å²) in [6.45, 7) is 6.81. The van der Waals surface area contributed by atoms with Gasteiger partial charge in [-0.05, 0) is 77.3 Å². The van der Waals surface area contributed by atoms with Gasteiger partial charge in [0.15, 0.2) is 0 Å². The molecule has 1 aliphatic rings. The summed E-state index contributed by atoms with van der Waals surface area (Å²) in [5.41, 5.74) is 4.29. The van der Waals surface area contributed by atoms with Crippen molar-refractivity contribution >= 4 is 0 Å². The lowest BCUT2D eigenvalue weighted by Crippen LogP contribution is -2.33. The molecular weight excluding hydrogens is 232 g/mol. The van der Waals surface area contributed by atoms with E-state index in [1.165, 1.54) is 49.0 Å². The molecule has 1 aromatic carbocycles. The largest absolute Gasteiger partial charge is 0.316 e. The highest BCUT2D eigenvalue weighted by atomic mass is 15.1. The van der Waals surface area contributed by atoms with Gasteiger partial charge < -0.3 is 10.2 Å². The normalized spacial score (nSPS) is 21.6. The van der Waals surface area contributed by atoms with Gasteiger partial charge in [0.25, 0.3) is 0 Å². The molecule has 1 N–H and O–H groups in total. The summed E-state index contributed by atoms with van der Waals surface area (Å²) in [6, 6.07) is 7.43. The van der Waals surface area contributed by atoms with Gasteiger partial charge in [0, 0.05) is 6.04 Å². The van der Waals surface area contributed by atoms with Crippen molar-refractivity contribution in [3.63, 3.8) is 0 Å². The summed E-state index contributed by atoms with van der Waals surface area (Å²) in [6.07, 6.45) is 3.98. The molecule has 1 fully saturated rings. The number of hydrogen-bond acceptors (Lipinski definition) is 2. The molecule has 0 bridgehead atoms. The van der Waals surface area contributed by atoms with Gasteiger partial charge in [-0.25, -0.2) is 0 Å². The Labute approximate surface area is 118 Å². The first-order chi connectivity index (χ1) is 9.08. The van der Waals surface area contributed by atoms with Crippen molar-refractivity contribution in [2.24, 2.45) is 5.92 Å². The monoisotopic (exact) mass is 260 g/mol. The maximum Gasteiger partial charge on any atom is 0.0347 e. The van der Waals surface area contributed by atoms with Gasteiger partial charge >= 0.3 is 0 Å². The lowest BCUT2D eigenvalue weighted by atomic mass is 9.87. The van der Waals surface area contributed by atoms with E-state index in [-0.39, 0.29) is 0 Å². The molecule has 0 radical (unpaired) electrons. The van der Waals surface area contributed by atoms with E-state index in [1.807, 2.05) is 0 Å². The molecule has 2 heteroatoms. The van der Waals surface area contributed by atoms with Crippen LogP contribution in [0, 0.1) is 19.8 Å². The number of hydrogen-bond donors (Lipinski definition) is 1. The van der Waals surface area contributed by atoms with Crippen LogP contribution in [0.2, 0.25) is 0 Å². The molecule has 106 valence electrons. The van der Waals surface area contributed by atoms with E-state index in [4.69, 9.17) is 0 Å². The van der Waals surface area contributed by atoms with E-state index in [2.05, 4.69) is 56.4 Å². The third-order valence-corrected chi connectivity index (χ3v) is 4.36. The summed E-state index contributed by atoms with van der Waals surface area (Å²) in [5.74, 6) is 0.821. The molecule has 0 aromatic heterocycles. The molecule has 2 atom stereocenters. The van der Waals surface area contributed by atoms with Gasteiger partial charge in [-0.3, -0.25) is 0 Å². The van der Waals surface area contributed by atoms with E-state index in [0.29, 0.717) is 6.04 Å². The molecule has 2 unspecified atom stereocenters. The van der Waals surface area contributed by atoms with Crippen LogP contribution < -0.4 is 5.32 Å². The fourth-order valence-electron chi connectivity index (χ4n) is 3.26. The third-order valence-electron chi connectivity index (χ3n) is 4.36. The first kappa shape index (κ1) is 14.5. The van der Waals surface area contributed by atoms with Gasteiger partial charge in [-0.2, -0.15) is 0 Å². The molecule has 19 heavy (non-hydrogen) atoms. The standard InChI is InChI=1S/C17H28N2/c1-13-7-8-16(14(2)10-13)17(19(3)4)11-15-6-5-9-18-12-15/h7-8,10,15,17-18H,5-6,9,11-12H2,1-4H3. The Morgan fingerprint density at radius 1 is 1.32 bits per heavy atom. The minimum absolute atomic E-state index is 0.547. The molecule has 1 heterocycles. The molecule has 0 amide bonds. The van der Waals surface area contributed by atoms with Gasteiger partial charge in [0.1, 0.15) is 0 Å². The number of aryl methyl sites for hydroxylation is 2. The van der Waals surface area contributed by atoms with Crippen molar-refractivity contribution in [1.82, 2.24) is 10.2 Å². The van der Waals surface area contributed by atoms with Crippen molar-refractivity contribution in [2.75, 3.05) is 27.2 Å². The highest BCUT2D eigenvalue weighted by Gasteiger charge is 2.22. The second-order valence-electron chi connectivity index (χ2n) is 6.29. The van der Waals surface area contributed by atoms with E-state index >= 15 is 0 Å². The van der Waals surface area contributed by atoms with Crippen LogP contribution in [-0.4, -0.2) is 32.1 Å². The van der Waals surface area contributed by atoms with Gasteiger partial charge in [-0.1, -0.05) is 23.8 Å². The van der Waals surface area contributed by atoms with E-state index in [1.54, 1.807) is 0 Å². The lowest BCUT2D eigenvalue weighted by Gasteiger charge is -2.32. The van der Waals surface area contributed by atoms with Crippen LogP contribution in [0.15, 0.2) is 18.2 Å². The van der Waals surface area contributed by atoms with Crippen LogP contribution in [0.4, 0.5) is 0 Å². The van der Waals surface area contributed by atoms with E-state index in [0.717, 1.165) is 5.92 Å². The van der Waals surface area contributed by atoms with Crippen LogP contribution in [-0.2, 0) is 0 Å². The second-order valence-corrected chi connectivity index (χ2v) is 6.29. The molecule has 0 saturated carbocycles. The maximum absolute atomic E-state index is 3.54. The average Bonchev–Trinajstić information content (AvgIpc) is 2.38.